The minimum atomic E-state index is -4.86. The predicted octanol–water partition coefficient (Wildman–Crippen LogP) is 4.11. The number of carboxylic acids is 1. The number of ether oxygens (including phenoxy) is 1. The van der Waals surface area contributed by atoms with Gasteiger partial charge in [-0.1, -0.05) is 17.7 Å². The number of rotatable bonds is 4. The van der Waals surface area contributed by atoms with Gasteiger partial charge in [0.1, 0.15) is 11.8 Å². The number of benzene rings is 2. The molecule has 7 nitrogen and oxygen atoms in total. The number of hydrogen-bond acceptors (Lipinski definition) is 4. The van der Waals surface area contributed by atoms with Crippen LogP contribution in [0.15, 0.2) is 36.4 Å². The molecule has 1 heterocycles. The number of carboxylic acid groups (broad SMARTS) is 1. The highest BCUT2D eigenvalue weighted by atomic mass is 35.5. The second kappa shape index (κ2) is 7.97. The Balaban J connectivity index is 2.26. The average Bonchev–Trinajstić information content (AvgIpc) is 2.94. The summed E-state index contributed by atoms with van der Waals surface area (Å²) < 4.78 is 61.4. The van der Waals surface area contributed by atoms with Crippen LogP contribution in [0.5, 0.6) is 5.75 Å². The summed E-state index contributed by atoms with van der Waals surface area (Å²) in [6.07, 6.45) is -4.86. The molecular weight excluding hydrogens is 460 g/mol. The number of amides is 3. The van der Waals surface area contributed by atoms with Crippen LogP contribution >= 0.6 is 11.6 Å². The lowest BCUT2D eigenvalue weighted by Gasteiger charge is -2.23. The minimum absolute atomic E-state index is 0.00138. The first-order valence-electron chi connectivity index (χ1n) is 8.94. The zero-order valence-electron chi connectivity index (χ0n) is 16.5. The monoisotopic (exact) mass is 474 g/mol. The van der Waals surface area contributed by atoms with Crippen molar-refractivity contribution < 1.29 is 41.8 Å². The van der Waals surface area contributed by atoms with Gasteiger partial charge in [-0.05, 0) is 37.3 Å². The van der Waals surface area contributed by atoms with Crippen LogP contribution in [0.1, 0.15) is 23.6 Å². The number of halogens is 5. The van der Waals surface area contributed by atoms with Crippen LogP contribution in [0, 0.1) is 0 Å². The van der Waals surface area contributed by atoms with Gasteiger partial charge in [0.2, 0.25) is 5.67 Å². The fourth-order valence-corrected chi connectivity index (χ4v) is 3.46. The summed E-state index contributed by atoms with van der Waals surface area (Å²) in [5.74, 6) is -3.17. The van der Waals surface area contributed by atoms with Crippen LogP contribution in [0.4, 0.5) is 28.0 Å². The second-order valence-corrected chi connectivity index (χ2v) is 7.32. The van der Waals surface area contributed by atoms with Crippen molar-refractivity contribution in [2.75, 3.05) is 12.0 Å². The number of anilines is 1. The van der Waals surface area contributed by atoms with Gasteiger partial charge in [0.05, 0.1) is 18.4 Å². The number of hydrogen-bond donors (Lipinski definition) is 2. The van der Waals surface area contributed by atoms with Crippen molar-refractivity contribution in [3.05, 3.63) is 58.1 Å². The number of urea groups is 1. The summed E-state index contributed by atoms with van der Waals surface area (Å²) >= 11 is 5.94. The normalized spacial score (nSPS) is 18.8. The zero-order valence-corrected chi connectivity index (χ0v) is 17.2. The second-order valence-electron chi connectivity index (χ2n) is 6.88. The molecule has 3 amide bonds. The molecule has 0 unspecified atom stereocenters. The molecule has 0 radical (unpaired) electrons. The van der Waals surface area contributed by atoms with Gasteiger partial charge in [0, 0.05) is 16.1 Å². The third kappa shape index (κ3) is 3.72. The maximum absolute atomic E-state index is 16.5. The molecule has 2 atom stereocenters. The van der Waals surface area contributed by atoms with E-state index in [0.29, 0.717) is 12.1 Å². The molecule has 12 heteroatoms. The molecule has 0 aromatic heterocycles. The number of nitrogens with one attached hydrogen (secondary N) is 1. The topological polar surface area (TPSA) is 95.9 Å². The summed E-state index contributed by atoms with van der Waals surface area (Å²) in [6, 6.07) is 2.48. The van der Waals surface area contributed by atoms with Gasteiger partial charge >= 0.3 is 18.2 Å². The van der Waals surface area contributed by atoms with Gasteiger partial charge < -0.3 is 15.2 Å². The fraction of sp³-hybridized carbons (Fsp3) is 0.250. The van der Waals surface area contributed by atoms with E-state index in [1.165, 1.54) is 19.2 Å². The largest absolute Gasteiger partial charge is 0.496 e. The Morgan fingerprint density at radius 3 is 2.41 bits per heavy atom. The van der Waals surface area contributed by atoms with E-state index >= 15 is 4.39 Å². The SMILES string of the molecule is COc1ccc(Cl)cc1[C@]1(F)C(=O)N(C(=O)N[C@@H](C)C(=O)O)c2cc(C(F)(F)F)ccc21. The number of aliphatic carboxylic acids is 1. The fourth-order valence-electron chi connectivity index (χ4n) is 3.29. The first kappa shape index (κ1) is 23.3. The van der Waals surface area contributed by atoms with Gasteiger partial charge in [-0.2, -0.15) is 13.2 Å². The Morgan fingerprint density at radius 1 is 1.19 bits per heavy atom. The van der Waals surface area contributed by atoms with E-state index < -0.39 is 58.2 Å². The molecule has 3 rings (SSSR count). The van der Waals surface area contributed by atoms with Crippen LogP contribution in [0.25, 0.3) is 0 Å². The standard InChI is InChI=1S/C20H15ClF4N2O5/c1-9(16(28)29)26-18(31)27-14-7-10(20(23,24)25)3-5-12(14)19(22,17(27)30)13-8-11(21)4-6-15(13)32-2/h3-9H,1-2H3,(H,26,31)(H,28,29)/t9-,19-/m0/s1. The van der Waals surface area contributed by atoms with Gasteiger partial charge in [0.15, 0.2) is 0 Å². The maximum atomic E-state index is 16.5. The maximum Gasteiger partial charge on any atom is 0.416 e. The van der Waals surface area contributed by atoms with Crippen molar-refractivity contribution in [2.24, 2.45) is 0 Å². The summed E-state index contributed by atoms with van der Waals surface area (Å²) in [4.78, 5) is 37.0. The molecule has 0 aliphatic carbocycles. The zero-order chi connectivity index (χ0) is 24.0. The van der Waals surface area contributed by atoms with Crippen LogP contribution < -0.4 is 15.0 Å². The molecule has 2 aromatic carbocycles. The van der Waals surface area contributed by atoms with E-state index in [1.807, 2.05) is 5.32 Å². The molecule has 0 saturated carbocycles. The van der Waals surface area contributed by atoms with E-state index in [-0.39, 0.29) is 15.7 Å². The van der Waals surface area contributed by atoms with Crippen molar-refractivity contribution in [2.45, 2.75) is 24.8 Å². The van der Waals surface area contributed by atoms with Crippen molar-refractivity contribution in [1.29, 1.82) is 0 Å². The molecular formula is C20H15ClF4N2O5. The van der Waals surface area contributed by atoms with E-state index in [1.54, 1.807) is 0 Å². The number of fused-ring (bicyclic) bond motifs is 1. The number of methoxy groups -OCH3 is 1. The quantitative estimate of drug-likeness (QED) is 0.650. The molecule has 0 spiro atoms. The Labute approximate surface area is 183 Å². The highest BCUT2D eigenvalue weighted by Gasteiger charge is 2.57. The lowest BCUT2D eigenvalue weighted by atomic mass is 9.88. The van der Waals surface area contributed by atoms with E-state index in [4.69, 9.17) is 21.4 Å². The molecule has 0 fully saturated rings. The number of carbonyl (C=O) groups is 3. The van der Waals surface area contributed by atoms with Crippen LogP contribution in [0.2, 0.25) is 5.02 Å². The highest BCUT2D eigenvalue weighted by molar-refractivity contribution is 6.31. The van der Waals surface area contributed by atoms with E-state index in [9.17, 15) is 27.6 Å². The van der Waals surface area contributed by atoms with Gasteiger partial charge in [0.25, 0.3) is 5.91 Å². The van der Waals surface area contributed by atoms with Crippen LogP contribution in [-0.2, 0) is 21.4 Å². The first-order chi connectivity index (χ1) is 14.8. The predicted molar refractivity (Wildman–Crippen MR) is 104 cm³/mol. The minimum Gasteiger partial charge on any atom is -0.496 e. The molecule has 170 valence electrons. The molecule has 2 N–H and O–H groups in total. The number of carbonyl (C=O) groups excluding carboxylic acids is 2. The Kier molecular flexibility index (Phi) is 5.81. The molecule has 1 aliphatic heterocycles. The lowest BCUT2D eigenvalue weighted by molar-refractivity contribution is -0.139. The molecule has 1 aliphatic rings. The van der Waals surface area contributed by atoms with Gasteiger partial charge in [-0.15, -0.1) is 0 Å². The Hall–Kier alpha value is -3.34. The molecule has 32 heavy (non-hydrogen) atoms. The molecule has 0 saturated heterocycles. The Morgan fingerprint density at radius 2 is 1.84 bits per heavy atom. The first-order valence-corrected chi connectivity index (χ1v) is 9.32. The van der Waals surface area contributed by atoms with Crippen LogP contribution in [-0.4, -0.2) is 36.2 Å². The summed E-state index contributed by atoms with van der Waals surface area (Å²) in [5.41, 5.74) is -6.06. The third-order valence-corrected chi connectivity index (χ3v) is 5.12. The lowest BCUT2D eigenvalue weighted by Crippen LogP contribution is -2.50. The number of nitrogens with zero attached hydrogens (tertiary/aromatic N) is 1. The summed E-state index contributed by atoms with van der Waals surface area (Å²) in [7, 11) is 1.18. The number of imide groups is 1. The molecule has 0 bridgehead atoms. The van der Waals surface area contributed by atoms with E-state index in [0.717, 1.165) is 19.1 Å². The molecule has 2 aromatic rings. The van der Waals surface area contributed by atoms with Gasteiger partial charge in [-0.3, -0.25) is 9.59 Å². The average molecular weight is 475 g/mol. The smallest absolute Gasteiger partial charge is 0.416 e. The highest BCUT2D eigenvalue weighted by Crippen LogP contribution is 2.51. The Bertz CT molecular complexity index is 1120. The van der Waals surface area contributed by atoms with Crippen molar-refractivity contribution in [3.63, 3.8) is 0 Å². The van der Waals surface area contributed by atoms with Crippen molar-refractivity contribution in [3.8, 4) is 5.75 Å². The summed E-state index contributed by atoms with van der Waals surface area (Å²) in [6.45, 7) is 1.07. The van der Waals surface area contributed by atoms with Crippen LogP contribution in [0.3, 0.4) is 0 Å². The summed E-state index contributed by atoms with van der Waals surface area (Å²) in [5, 5.41) is 10.9. The third-order valence-electron chi connectivity index (χ3n) is 4.88. The van der Waals surface area contributed by atoms with Gasteiger partial charge in [-0.25, -0.2) is 14.1 Å². The van der Waals surface area contributed by atoms with Crippen molar-refractivity contribution >= 4 is 35.2 Å². The van der Waals surface area contributed by atoms with Crippen molar-refractivity contribution in [1.82, 2.24) is 5.32 Å². The van der Waals surface area contributed by atoms with E-state index in [2.05, 4.69) is 0 Å². The number of alkyl halides is 4.